The van der Waals surface area contributed by atoms with Crippen molar-refractivity contribution >= 4 is 22.8 Å². The number of aliphatic carboxylic acids is 1. The standard InChI is InChI=1S/C22H24N2O4/c1-14(2)15-7-9-17(10-8-15)28-13-21(25)24-20(22(26)27)11-16-12-23-19-6-4-3-5-18(16)19/h3-10,12,14,20,23H,11,13H2,1-2H3,(H,24,25)(H,26,27)/p-1. The number of hydrogen-bond donors (Lipinski definition) is 2. The Balaban J connectivity index is 1.59. The Morgan fingerprint density at radius 2 is 1.82 bits per heavy atom. The smallest absolute Gasteiger partial charge is 0.258 e. The molecule has 0 saturated heterocycles. The second kappa shape index (κ2) is 8.61. The van der Waals surface area contributed by atoms with Gasteiger partial charge in [-0.1, -0.05) is 44.2 Å². The van der Waals surface area contributed by atoms with E-state index in [9.17, 15) is 14.7 Å². The molecule has 2 aromatic carbocycles. The second-order valence-corrected chi connectivity index (χ2v) is 7.02. The van der Waals surface area contributed by atoms with Gasteiger partial charge in [0.2, 0.25) is 0 Å². The minimum atomic E-state index is -1.33. The number of carboxylic acid groups (broad SMARTS) is 1. The lowest BCUT2D eigenvalue weighted by Gasteiger charge is -2.19. The minimum Gasteiger partial charge on any atom is -0.548 e. The van der Waals surface area contributed by atoms with Crippen molar-refractivity contribution in [3.63, 3.8) is 0 Å². The molecular weight excluding hydrogens is 356 g/mol. The third-order valence-corrected chi connectivity index (χ3v) is 4.64. The first kappa shape index (κ1) is 19.5. The number of rotatable bonds is 8. The number of aromatic amines is 1. The van der Waals surface area contributed by atoms with Crippen molar-refractivity contribution in [2.24, 2.45) is 0 Å². The van der Waals surface area contributed by atoms with Crippen LogP contribution in [0.25, 0.3) is 10.9 Å². The van der Waals surface area contributed by atoms with E-state index in [-0.39, 0.29) is 13.0 Å². The van der Waals surface area contributed by atoms with Crippen molar-refractivity contribution < 1.29 is 19.4 Å². The van der Waals surface area contributed by atoms with E-state index in [0.29, 0.717) is 11.7 Å². The number of fused-ring (bicyclic) bond motifs is 1. The molecule has 0 aliphatic heterocycles. The lowest BCUT2D eigenvalue weighted by Crippen LogP contribution is -2.50. The molecule has 6 heteroatoms. The fraction of sp³-hybridized carbons (Fsp3) is 0.273. The topological polar surface area (TPSA) is 94.2 Å². The SMILES string of the molecule is CC(C)c1ccc(OCC(=O)NC(Cc2c[nH]c3ccccc23)C(=O)[O-])cc1. The molecule has 0 bridgehead atoms. The second-order valence-electron chi connectivity index (χ2n) is 7.02. The number of carbonyl (C=O) groups excluding carboxylic acids is 2. The van der Waals surface area contributed by atoms with Gasteiger partial charge in [-0.25, -0.2) is 0 Å². The summed E-state index contributed by atoms with van der Waals surface area (Å²) in [6.07, 6.45) is 1.88. The van der Waals surface area contributed by atoms with Gasteiger partial charge in [0.25, 0.3) is 5.91 Å². The summed E-state index contributed by atoms with van der Waals surface area (Å²) in [5, 5.41) is 14.9. The average molecular weight is 379 g/mol. The average Bonchev–Trinajstić information content (AvgIpc) is 3.09. The minimum absolute atomic E-state index is 0.126. The molecule has 1 aromatic heterocycles. The van der Waals surface area contributed by atoms with Crippen molar-refractivity contribution in [2.45, 2.75) is 32.2 Å². The molecule has 0 radical (unpaired) electrons. The molecule has 0 saturated carbocycles. The molecule has 3 rings (SSSR count). The summed E-state index contributed by atoms with van der Waals surface area (Å²) < 4.78 is 5.46. The molecule has 146 valence electrons. The van der Waals surface area contributed by atoms with Gasteiger partial charge in [-0.3, -0.25) is 4.79 Å². The van der Waals surface area contributed by atoms with E-state index in [1.54, 1.807) is 18.3 Å². The molecule has 6 nitrogen and oxygen atoms in total. The maximum atomic E-state index is 12.2. The van der Waals surface area contributed by atoms with Gasteiger partial charge in [0.1, 0.15) is 5.75 Å². The van der Waals surface area contributed by atoms with Crippen LogP contribution in [0, 0.1) is 0 Å². The van der Waals surface area contributed by atoms with E-state index < -0.39 is 17.9 Å². The maximum absolute atomic E-state index is 12.2. The number of benzene rings is 2. The fourth-order valence-corrected chi connectivity index (χ4v) is 3.05. The lowest BCUT2D eigenvalue weighted by atomic mass is 10.0. The number of ether oxygens (including phenoxy) is 1. The summed E-state index contributed by atoms with van der Waals surface area (Å²) in [5.41, 5.74) is 2.89. The summed E-state index contributed by atoms with van der Waals surface area (Å²) in [6, 6.07) is 13.9. The van der Waals surface area contributed by atoms with Gasteiger partial charge < -0.3 is 24.9 Å². The molecule has 2 N–H and O–H groups in total. The molecule has 28 heavy (non-hydrogen) atoms. The highest BCUT2D eigenvalue weighted by Crippen LogP contribution is 2.20. The Hall–Kier alpha value is -3.28. The van der Waals surface area contributed by atoms with Crippen molar-refractivity contribution in [1.29, 1.82) is 0 Å². The van der Waals surface area contributed by atoms with E-state index in [1.165, 1.54) is 5.56 Å². The van der Waals surface area contributed by atoms with Gasteiger partial charge in [0.05, 0.1) is 12.0 Å². The van der Waals surface area contributed by atoms with E-state index in [2.05, 4.69) is 24.1 Å². The Morgan fingerprint density at radius 3 is 2.50 bits per heavy atom. The summed E-state index contributed by atoms with van der Waals surface area (Å²) in [5.74, 6) is -0.881. The zero-order valence-corrected chi connectivity index (χ0v) is 15.9. The normalized spacial score (nSPS) is 12.1. The molecule has 1 amide bonds. The van der Waals surface area contributed by atoms with Crippen LogP contribution >= 0.6 is 0 Å². The fourth-order valence-electron chi connectivity index (χ4n) is 3.05. The van der Waals surface area contributed by atoms with Crippen LogP contribution in [0.2, 0.25) is 0 Å². The quantitative estimate of drug-likeness (QED) is 0.627. The largest absolute Gasteiger partial charge is 0.548 e. The Kier molecular flexibility index (Phi) is 5.99. The van der Waals surface area contributed by atoms with Crippen molar-refractivity contribution in [3.8, 4) is 5.75 Å². The summed E-state index contributed by atoms with van der Waals surface area (Å²) in [7, 11) is 0. The number of hydrogen-bond acceptors (Lipinski definition) is 4. The van der Waals surface area contributed by atoms with E-state index in [0.717, 1.165) is 16.5 Å². The third-order valence-electron chi connectivity index (χ3n) is 4.64. The van der Waals surface area contributed by atoms with Crippen molar-refractivity contribution in [3.05, 3.63) is 65.9 Å². The Bertz CT molecular complexity index is 960. The molecule has 1 atom stereocenters. The molecule has 0 fully saturated rings. The number of para-hydroxylation sites is 1. The highest BCUT2D eigenvalue weighted by atomic mass is 16.5. The Labute approximate surface area is 163 Å². The first-order valence-electron chi connectivity index (χ1n) is 9.22. The van der Waals surface area contributed by atoms with Crippen LogP contribution in [0.5, 0.6) is 5.75 Å². The van der Waals surface area contributed by atoms with Crippen LogP contribution in [0.3, 0.4) is 0 Å². The van der Waals surface area contributed by atoms with Crippen LogP contribution in [0.4, 0.5) is 0 Å². The summed E-state index contributed by atoms with van der Waals surface area (Å²) in [6.45, 7) is 3.92. The first-order chi connectivity index (χ1) is 13.4. The zero-order chi connectivity index (χ0) is 20.1. The van der Waals surface area contributed by atoms with Crippen LogP contribution in [0.1, 0.15) is 30.9 Å². The van der Waals surface area contributed by atoms with Crippen LogP contribution in [0.15, 0.2) is 54.7 Å². The number of carboxylic acids is 1. The van der Waals surface area contributed by atoms with E-state index >= 15 is 0 Å². The highest BCUT2D eigenvalue weighted by Gasteiger charge is 2.17. The molecule has 0 aliphatic carbocycles. The number of H-pyrrole nitrogens is 1. The number of amides is 1. The van der Waals surface area contributed by atoms with E-state index in [4.69, 9.17) is 4.74 Å². The van der Waals surface area contributed by atoms with Gasteiger partial charge in [-0.05, 0) is 35.2 Å². The van der Waals surface area contributed by atoms with E-state index in [1.807, 2.05) is 36.4 Å². The predicted octanol–water partition coefficient (Wildman–Crippen LogP) is 2.15. The maximum Gasteiger partial charge on any atom is 0.258 e. The van der Waals surface area contributed by atoms with Crippen molar-refractivity contribution in [2.75, 3.05) is 6.61 Å². The van der Waals surface area contributed by atoms with Gasteiger partial charge in [-0.2, -0.15) is 0 Å². The Morgan fingerprint density at radius 1 is 1.11 bits per heavy atom. The number of aromatic nitrogens is 1. The number of carbonyl (C=O) groups is 2. The third kappa shape index (κ3) is 4.71. The lowest BCUT2D eigenvalue weighted by molar-refractivity contribution is -0.308. The van der Waals surface area contributed by atoms with Crippen LogP contribution < -0.4 is 15.2 Å². The summed E-state index contributed by atoms with van der Waals surface area (Å²) in [4.78, 5) is 26.8. The van der Waals surface area contributed by atoms with Gasteiger partial charge >= 0.3 is 0 Å². The molecule has 3 aromatic rings. The molecule has 0 aliphatic rings. The number of nitrogens with one attached hydrogen (secondary N) is 2. The molecule has 1 unspecified atom stereocenters. The first-order valence-corrected chi connectivity index (χ1v) is 9.22. The van der Waals surface area contributed by atoms with Gasteiger partial charge in [0.15, 0.2) is 6.61 Å². The molecular formula is C22H23N2O4-. The van der Waals surface area contributed by atoms with Crippen LogP contribution in [-0.4, -0.2) is 29.5 Å². The summed E-state index contributed by atoms with van der Waals surface area (Å²) >= 11 is 0. The molecule has 0 spiro atoms. The van der Waals surface area contributed by atoms with Gasteiger partial charge in [0, 0.05) is 23.5 Å². The molecule has 1 heterocycles. The van der Waals surface area contributed by atoms with Crippen LogP contribution in [-0.2, 0) is 16.0 Å². The zero-order valence-electron chi connectivity index (χ0n) is 15.9. The predicted molar refractivity (Wildman–Crippen MR) is 105 cm³/mol. The van der Waals surface area contributed by atoms with Gasteiger partial charge in [-0.15, -0.1) is 0 Å². The highest BCUT2D eigenvalue weighted by molar-refractivity contribution is 5.86. The van der Waals surface area contributed by atoms with Crippen molar-refractivity contribution in [1.82, 2.24) is 10.3 Å². The monoisotopic (exact) mass is 379 g/mol.